The van der Waals surface area contributed by atoms with E-state index in [1.165, 1.54) is 24.1 Å². The van der Waals surface area contributed by atoms with E-state index >= 15 is 0 Å². The van der Waals surface area contributed by atoms with Gasteiger partial charge in [-0.2, -0.15) is 0 Å². The molecule has 1 saturated heterocycles. The second-order valence-electron chi connectivity index (χ2n) is 6.82. The number of aromatic nitrogens is 1. The van der Waals surface area contributed by atoms with Crippen LogP contribution in [0.2, 0.25) is 0 Å². The fourth-order valence-corrected chi connectivity index (χ4v) is 3.12. The van der Waals surface area contributed by atoms with E-state index in [4.69, 9.17) is 9.47 Å². The highest BCUT2D eigenvalue weighted by molar-refractivity contribution is 5.32. The minimum atomic E-state index is -0.266. The maximum absolute atomic E-state index is 12.8. The van der Waals surface area contributed by atoms with Crippen LogP contribution in [0.15, 0.2) is 66.9 Å². The lowest BCUT2D eigenvalue weighted by Gasteiger charge is -2.11. The number of halogens is 1. The molecule has 1 aliphatic rings. The molecule has 0 bridgehead atoms. The molecule has 1 fully saturated rings. The van der Waals surface area contributed by atoms with Crippen molar-refractivity contribution < 1.29 is 13.9 Å². The van der Waals surface area contributed by atoms with Crippen LogP contribution in [0.5, 0.6) is 17.2 Å². The van der Waals surface area contributed by atoms with Crippen LogP contribution in [-0.4, -0.2) is 18.6 Å². The maximum atomic E-state index is 12.8. The van der Waals surface area contributed by atoms with Gasteiger partial charge in [0.1, 0.15) is 23.1 Å². The molecule has 4 nitrogen and oxygen atoms in total. The Balaban J connectivity index is 0.000000241. The average Bonchev–Trinajstić information content (AvgIpc) is 3.38. The van der Waals surface area contributed by atoms with Crippen molar-refractivity contribution in [3.63, 3.8) is 0 Å². The molecule has 5 heteroatoms. The number of nitrogens with one attached hydrogen (secondary N) is 1. The zero-order valence-electron chi connectivity index (χ0n) is 18.9. The van der Waals surface area contributed by atoms with E-state index in [2.05, 4.69) is 29.4 Å². The molecule has 1 aliphatic heterocycles. The van der Waals surface area contributed by atoms with E-state index in [1.807, 2.05) is 38.1 Å². The molecule has 0 amide bonds. The normalized spacial score (nSPS) is 14.5. The third-order valence-electron chi connectivity index (χ3n) is 4.79. The molecule has 1 atom stereocenters. The van der Waals surface area contributed by atoms with E-state index < -0.39 is 0 Å². The number of benzene rings is 2. The Morgan fingerprint density at radius 2 is 1.65 bits per heavy atom. The number of ether oxygens (including phenoxy) is 2. The number of nitrogens with zero attached hydrogens (tertiary/aromatic N) is 1. The molecular formula is C26H33FN2O2. The monoisotopic (exact) mass is 424 g/mol. The fourth-order valence-electron chi connectivity index (χ4n) is 3.12. The van der Waals surface area contributed by atoms with Crippen LogP contribution in [0.4, 0.5) is 4.39 Å². The van der Waals surface area contributed by atoms with Crippen LogP contribution in [0.3, 0.4) is 0 Å². The molecule has 0 spiro atoms. The van der Waals surface area contributed by atoms with Gasteiger partial charge in [-0.25, -0.2) is 4.39 Å². The van der Waals surface area contributed by atoms with Crippen LogP contribution < -0.4 is 14.8 Å². The Morgan fingerprint density at radius 3 is 2.23 bits per heavy atom. The van der Waals surface area contributed by atoms with E-state index in [0.717, 1.165) is 36.6 Å². The van der Waals surface area contributed by atoms with Crippen molar-refractivity contribution in [2.45, 2.75) is 46.1 Å². The molecular weight excluding hydrogens is 391 g/mol. The van der Waals surface area contributed by atoms with Crippen molar-refractivity contribution in [1.82, 2.24) is 10.3 Å². The highest BCUT2D eigenvalue weighted by Crippen LogP contribution is 2.26. The van der Waals surface area contributed by atoms with Gasteiger partial charge < -0.3 is 14.8 Å². The number of hydrogen-bond acceptors (Lipinski definition) is 4. The lowest BCUT2D eigenvalue weighted by atomic mass is 10.1. The summed E-state index contributed by atoms with van der Waals surface area (Å²) in [7, 11) is 1.68. The van der Waals surface area contributed by atoms with Crippen molar-refractivity contribution in [3.8, 4) is 17.2 Å². The summed E-state index contributed by atoms with van der Waals surface area (Å²) in [5.41, 5.74) is 2.35. The van der Waals surface area contributed by atoms with Gasteiger partial charge in [0.2, 0.25) is 0 Å². The van der Waals surface area contributed by atoms with Crippen molar-refractivity contribution >= 4 is 0 Å². The van der Waals surface area contributed by atoms with Gasteiger partial charge in [0.15, 0.2) is 0 Å². The summed E-state index contributed by atoms with van der Waals surface area (Å²) in [6.45, 7) is 7.18. The van der Waals surface area contributed by atoms with Crippen LogP contribution in [0.1, 0.15) is 50.9 Å². The fraction of sp³-hybridized carbons (Fsp3) is 0.346. The Hall–Kier alpha value is -2.92. The molecule has 0 radical (unpaired) electrons. The molecule has 1 unspecified atom stereocenters. The Labute approximate surface area is 185 Å². The van der Waals surface area contributed by atoms with Gasteiger partial charge in [-0.3, -0.25) is 4.98 Å². The maximum Gasteiger partial charge on any atom is 0.130 e. The average molecular weight is 425 g/mol. The van der Waals surface area contributed by atoms with E-state index in [-0.39, 0.29) is 5.82 Å². The van der Waals surface area contributed by atoms with Crippen molar-refractivity contribution in [3.05, 3.63) is 83.9 Å². The first-order valence-electron chi connectivity index (χ1n) is 10.9. The Morgan fingerprint density at radius 1 is 0.968 bits per heavy atom. The van der Waals surface area contributed by atoms with Crippen LogP contribution in [0.25, 0.3) is 0 Å². The Bertz CT molecular complexity index is 854. The minimum Gasteiger partial charge on any atom is -0.497 e. The Kier molecular flexibility index (Phi) is 10.5. The standard InChI is InChI=1S/C15H15FN2O.C9H12O.C2H6/c16-11-3-5-12(6-4-11)19-13-7-9-18-15(10-13)14-2-1-8-17-14;1-3-8-4-6-9(10-2)7-5-8;1-2/h3-7,9-10,14,17H,1-2,8H2;4-7H,3H2,1-2H3;1-2H3. The van der Waals surface area contributed by atoms with Crippen molar-refractivity contribution in [2.75, 3.05) is 13.7 Å². The molecule has 0 saturated carbocycles. The molecule has 2 heterocycles. The molecule has 2 aromatic carbocycles. The molecule has 1 aromatic heterocycles. The predicted molar refractivity (Wildman–Crippen MR) is 124 cm³/mol. The summed E-state index contributed by atoms with van der Waals surface area (Å²) in [5.74, 6) is 2.01. The SMILES string of the molecule is CC.CCc1ccc(OC)cc1.Fc1ccc(Oc2ccnc(C3CCCN3)c2)cc1. The quantitative estimate of drug-likeness (QED) is 0.494. The van der Waals surface area contributed by atoms with Gasteiger partial charge in [0.05, 0.1) is 12.8 Å². The predicted octanol–water partition coefficient (Wildman–Crippen LogP) is 6.72. The number of rotatable bonds is 5. The molecule has 1 N–H and O–H groups in total. The van der Waals surface area contributed by atoms with E-state index in [9.17, 15) is 4.39 Å². The van der Waals surface area contributed by atoms with Gasteiger partial charge >= 0.3 is 0 Å². The number of aryl methyl sites for hydroxylation is 1. The second kappa shape index (κ2) is 13.4. The lowest BCUT2D eigenvalue weighted by Crippen LogP contribution is -2.14. The zero-order chi connectivity index (χ0) is 22.5. The first-order valence-corrected chi connectivity index (χ1v) is 10.9. The summed E-state index contributed by atoms with van der Waals surface area (Å²) in [6.07, 6.45) is 5.11. The first-order chi connectivity index (χ1) is 15.2. The van der Waals surface area contributed by atoms with E-state index in [0.29, 0.717) is 11.8 Å². The van der Waals surface area contributed by atoms with Crippen LogP contribution >= 0.6 is 0 Å². The molecule has 31 heavy (non-hydrogen) atoms. The summed E-state index contributed by atoms with van der Waals surface area (Å²) in [6, 6.07) is 18.2. The molecule has 4 rings (SSSR count). The summed E-state index contributed by atoms with van der Waals surface area (Å²) in [4.78, 5) is 4.37. The first kappa shape index (κ1) is 24.4. The topological polar surface area (TPSA) is 43.4 Å². The van der Waals surface area contributed by atoms with Gasteiger partial charge in [0, 0.05) is 18.3 Å². The summed E-state index contributed by atoms with van der Waals surface area (Å²) < 4.78 is 23.5. The van der Waals surface area contributed by atoms with Crippen LogP contribution in [-0.2, 0) is 6.42 Å². The van der Waals surface area contributed by atoms with Crippen molar-refractivity contribution in [1.29, 1.82) is 0 Å². The third-order valence-corrected chi connectivity index (χ3v) is 4.79. The zero-order valence-corrected chi connectivity index (χ0v) is 18.9. The minimum absolute atomic E-state index is 0.266. The lowest BCUT2D eigenvalue weighted by molar-refractivity contribution is 0.414. The summed E-state index contributed by atoms with van der Waals surface area (Å²) >= 11 is 0. The van der Waals surface area contributed by atoms with Crippen LogP contribution in [0, 0.1) is 5.82 Å². The van der Waals surface area contributed by atoms with Crippen molar-refractivity contribution in [2.24, 2.45) is 0 Å². The number of hydrogen-bond donors (Lipinski definition) is 1. The highest BCUT2D eigenvalue weighted by Gasteiger charge is 2.17. The van der Waals surface area contributed by atoms with Gasteiger partial charge in [-0.1, -0.05) is 32.9 Å². The largest absolute Gasteiger partial charge is 0.497 e. The molecule has 3 aromatic rings. The second-order valence-corrected chi connectivity index (χ2v) is 6.82. The third kappa shape index (κ3) is 8.02. The number of methoxy groups -OCH3 is 1. The van der Waals surface area contributed by atoms with Gasteiger partial charge in [0.25, 0.3) is 0 Å². The highest BCUT2D eigenvalue weighted by atomic mass is 19.1. The van der Waals surface area contributed by atoms with E-state index in [1.54, 1.807) is 25.4 Å². The van der Waals surface area contributed by atoms with Gasteiger partial charge in [-0.15, -0.1) is 0 Å². The summed E-state index contributed by atoms with van der Waals surface area (Å²) in [5, 5.41) is 3.40. The molecule has 0 aliphatic carbocycles. The molecule has 166 valence electrons. The number of pyridine rings is 1. The smallest absolute Gasteiger partial charge is 0.130 e. The van der Waals surface area contributed by atoms with Gasteiger partial charge in [-0.05, 0) is 73.8 Å².